The molecule has 0 heterocycles. The van der Waals surface area contributed by atoms with Gasteiger partial charge in [0.1, 0.15) is 12.4 Å². The molecule has 0 aliphatic heterocycles. The molecule has 120 valence electrons. The first-order valence-electron chi connectivity index (χ1n) is 7.48. The largest absolute Gasteiger partial charge is 0.492 e. The summed E-state index contributed by atoms with van der Waals surface area (Å²) in [6.45, 7) is 7.90. The maximum Gasteiger partial charge on any atom is 0.153 e. The Bertz CT molecular complexity index is 544. The summed E-state index contributed by atoms with van der Waals surface area (Å²) in [5.41, 5.74) is 9.25. The third kappa shape index (κ3) is 5.67. The number of hydrogen-bond acceptors (Lipinski definition) is 4. The van der Waals surface area contributed by atoms with Crippen LogP contribution in [0.5, 0.6) is 5.75 Å². The maximum absolute atomic E-state index is 11.5. The Morgan fingerprint density at radius 2 is 1.76 bits per heavy atom. The summed E-state index contributed by atoms with van der Waals surface area (Å²) in [5.74, 6) is 1.00. The molecule has 0 spiro atoms. The lowest BCUT2D eigenvalue weighted by Crippen LogP contribution is -2.21. The average molecular weight is 313 g/mol. The Kier molecular flexibility index (Phi) is 6.68. The smallest absolute Gasteiger partial charge is 0.153 e. The van der Waals surface area contributed by atoms with E-state index in [1.54, 1.807) is 6.92 Å². The molecule has 0 aromatic heterocycles. The Hall–Kier alpha value is -1.07. The van der Waals surface area contributed by atoms with Crippen molar-refractivity contribution < 1.29 is 13.2 Å². The van der Waals surface area contributed by atoms with Gasteiger partial charge in [0.25, 0.3) is 0 Å². The van der Waals surface area contributed by atoms with Crippen molar-refractivity contribution in [2.24, 2.45) is 5.73 Å². The quantitative estimate of drug-likeness (QED) is 0.800. The highest BCUT2D eigenvalue weighted by molar-refractivity contribution is 7.91. The van der Waals surface area contributed by atoms with E-state index >= 15 is 0 Å². The van der Waals surface area contributed by atoms with Gasteiger partial charge in [0.15, 0.2) is 9.84 Å². The molecule has 1 rings (SSSR count). The van der Waals surface area contributed by atoms with Gasteiger partial charge >= 0.3 is 0 Å². The van der Waals surface area contributed by atoms with Crippen LogP contribution in [0, 0.1) is 13.8 Å². The molecule has 1 atom stereocenters. The summed E-state index contributed by atoms with van der Waals surface area (Å²) in [5, 5.41) is 0. The Morgan fingerprint density at radius 3 is 2.24 bits per heavy atom. The molecular formula is C16H27NO3S. The Balaban J connectivity index is 2.76. The van der Waals surface area contributed by atoms with Gasteiger partial charge in [-0.05, 0) is 43.4 Å². The van der Waals surface area contributed by atoms with Gasteiger partial charge in [-0.1, -0.05) is 26.0 Å². The maximum atomic E-state index is 11.5. The molecule has 0 radical (unpaired) electrons. The molecule has 0 saturated carbocycles. The number of hydrogen-bond donors (Lipinski definition) is 1. The number of aryl methyl sites for hydroxylation is 2. The van der Waals surface area contributed by atoms with Gasteiger partial charge in [-0.2, -0.15) is 0 Å². The number of benzene rings is 1. The van der Waals surface area contributed by atoms with Gasteiger partial charge in [0.2, 0.25) is 0 Å². The van der Waals surface area contributed by atoms with E-state index in [1.165, 1.54) is 5.56 Å². The molecule has 2 N–H and O–H groups in total. The van der Waals surface area contributed by atoms with Crippen LogP contribution in [0.15, 0.2) is 12.1 Å². The van der Waals surface area contributed by atoms with Crippen LogP contribution >= 0.6 is 0 Å². The van der Waals surface area contributed by atoms with Crippen LogP contribution in [-0.4, -0.2) is 32.6 Å². The molecule has 5 heteroatoms. The monoisotopic (exact) mass is 313 g/mol. The van der Waals surface area contributed by atoms with Gasteiger partial charge in [-0.3, -0.25) is 0 Å². The second-order valence-corrected chi connectivity index (χ2v) is 7.99. The van der Waals surface area contributed by atoms with E-state index < -0.39 is 9.84 Å². The fraction of sp³-hybridized carbons (Fsp3) is 0.625. The minimum Gasteiger partial charge on any atom is -0.492 e. The van der Waals surface area contributed by atoms with Crippen molar-refractivity contribution in [3.8, 4) is 5.75 Å². The SMILES string of the molecule is CCC(N)Cc1cc(C)c(OCCS(=O)(=O)CC)c(C)c1. The first kappa shape index (κ1) is 18.0. The van der Waals surface area contributed by atoms with E-state index in [9.17, 15) is 8.42 Å². The molecule has 0 aliphatic rings. The Morgan fingerprint density at radius 1 is 1.19 bits per heavy atom. The summed E-state index contributed by atoms with van der Waals surface area (Å²) in [6, 6.07) is 4.32. The van der Waals surface area contributed by atoms with Crippen molar-refractivity contribution >= 4 is 9.84 Å². The summed E-state index contributed by atoms with van der Waals surface area (Å²) in [4.78, 5) is 0. The van der Waals surface area contributed by atoms with Crippen molar-refractivity contribution in [2.75, 3.05) is 18.1 Å². The highest BCUT2D eigenvalue weighted by Crippen LogP contribution is 2.25. The van der Waals surface area contributed by atoms with Gasteiger partial charge in [-0.25, -0.2) is 8.42 Å². The minimum atomic E-state index is -2.98. The van der Waals surface area contributed by atoms with Crippen LogP contribution in [0.1, 0.15) is 37.0 Å². The number of sulfone groups is 1. The van der Waals surface area contributed by atoms with E-state index in [-0.39, 0.29) is 24.2 Å². The second kappa shape index (κ2) is 7.80. The molecular weight excluding hydrogens is 286 g/mol. The van der Waals surface area contributed by atoms with E-state index in [1.807, 2.05) is 13.8 Å². The summed E-state index contributed by atoms with van der Waals surface area (Å²) >= 11 is 0. The third-order valence-electron chi connectivity index (χ3n) is 3.62. The fourth-order valence-electron chi connectivity index (χ4n) is 2.25. The summed E-state index contributed by atoms with van der Waals surface area (Å²) in [6.07, 6.45) is 1.80. The predicted molar refractivity (Wildman–Crippen MR) is 87.7 cm³/mol. The standard InChI is InChI=1S/C16H27NO3S/c1-5-15(17)11-14-9-12(3)16(13(4)10-14)20-7-8-21(18,19)6-2/h9-10,15H,5-8,11,17H2,1-4H3. The summed E-state index contributed by atoms with van der Waals surface area (Å²) in [7, 11) is -2.98. The third-order valence-corrected chi connectivity index (χ3v) is 5.29. The predicted octanol–water partition coefficient (Wildman–Crippen LogP) is 2.40. The molecule has 4 nitrogen and oxygen atoms in total. The fourth-order valence-corrected chi connectivity index (χ4v) is 2.87. The highest BCUT2D eigenvalue weighted by Gasteiger charge is 2.11. The molecule has 0 aliphatic carbocycles. The lowest BCUT2D eigenvalue weighted by atomic mass is 9.99. The van der Waals surface area contributed by atoms with Crippen molar-refractivity contribution in [1.29, 1.82) is 0 Å². The Labute approximate surface area is 128 Å². The first-order valence-corrected chi connectivity index (χ1v) is 9.30. The van der Waals surface area contributed by atoms with Crippen LogP contribution in [0.25, 0.3) is 0 Å². The highest BCUT2D eigenvalue weighted by atomic mass is 32.2. The number of rotatable bonds is 8. The zero-order chi connectivity index (χ0) is 16.0. The van der Waals surface area contributed by atoms with E-state index in [0.29, 0.717) is 0 Å². The minimum absolute atomic E-state index is 0.0604. The van der Waals surface area contributed by atoms with Gasteiger partial charge in [-0.15, -0.1) is 0 Å². The van der Waals surface area contributed by atoms with E-state index in [4.69, 9.17) is 10.5 Å². The van der Waals surface area contributed by atoms with Crippen LogP contribution < -0.4 is 10.5 Å². The first-order chi connectivity index (χ1) is 9.79. The zero-order valence-electron chi connectivity index (χ0n) is 13.5. The second-order valence-electron chi connectivity index (χ2n) is 5.52. The van der Waals surface area contributed by atoms with Gasteiger partial charge in [0, 0.05) is 11.8 Å². The van der Waals surface area contributed by atoms with Crippen LogP contribution in [0.2, 0.25) is 0 Å². The zero-order valence-corrected chi connectivity index (χ0v) is 14.3. The molecule has 1 aromatic rings. The van der Waals surface area contributed by atoms with E-state index in [2.05, 4.69) is 19.1 Å². The van der Waals surface area contributed by atoms with Gasteiger partial charge in [0.05, 0.1) is 5.75 Å². The number of nitrogens with two attached hydrogens (primary N) is 1. The molecule has 1 unspecified atom stereocenters. The van der Waals surface area contributed by atoms with Crippen LogP contribution in [0.3, 0.4) is 0 Å². The summed E-state index contributed by atoms with van der Waals surface area (Å²) < 4.78 is 28.6. The van der Waals surface area contributed by atoms with E-state index in [0.717, 1.165) is 29.7 Å². The molecule has 21 heavy (non-hydrogen) atoms. The van der Waals surface area contributed by atoms with Crippen LogP contribution in [0.4, 0.5) is 0 Å². The van der Waals surface area contributed by atoms with Crippen molar-refractivity contribution in [3.05, 3.63) is 28.8 Å². The molecule has 0 fully saturated rings. The molecule has 0 bridgehead atoms. The average Bonchev–Trinajstić information content (AvgIpc) is 2.41. The van der Waals surface area contributed by atoms with Crippen molar-refractivity contribution in [3.63, 3.8) is 0 Å². The topological polar surface area (TPSA) is 69.4 Å². The van der Waals surface area contributed by atoms with Crippen molar-refractivity contribution in [1.82, 2.24) is 0 Å². The normalized spacial score (nSPS) is 13.2. The molecule has 1 aromatic carbocycles. The molecule has 0 saturated heterocycles. The lowest BCUT2D eigenvalue weighted by molar-refractivity contribution is 0.336. The molecule has 0 amide bonds. The number of ether oxygens (including phenoxy) is 1. The lowest BCUT2D eigenvalue weighted by Gasteiger charge is -2.15. The van der Waals surface area contributed by atoms with Gasteiger partial charge < -0.3 is 10.5 Å². The van der Waals surface area contributed by atoms with Crippen molar-refractivity contribution in [2.45, 2.75) is 46.6 Å². The van der Waals surface area contributed by atoms with Crippen LogP contribution in [-0.2, 0) is 16.3 Å².